The van der Waals surface area contributed by atoms with E-state index in [1.54, 1.807) is 11.3 Å². The van der Waals surface area contributed by atoms with Gasteiger partial charge < -0.3 is 5.32 Å². The largest absolute Gasteiger partial charge is 0.348 e. The summed E-state index contributed by atoms with van der Waals surface area (Å²) in [6.07, 6.45) is 1.01. The molecule has 1 aliphatic heterocycles. The summed E-state index contributed by atoms with van der Waals surface area (Å²) < 4.78 is 0. The molecule has 26 heavy (non-hydrogen) atoms. The minimum atomic E-state index is 0.0225. The summed E-state index contributed by atoms with van der Waals surface area (Å²) in [5.74, 6) is 0.0225. The van der Waals surface area contributed by atoms with E-state index in [1.807, 2.05) is 36.4 Å². The van der Waals surface area contributed by atoms with Crippen molar-refractivity contribution in [3.8, 4) is 10.4 Å². The van der Waals surface area contributed by atoms with Gasteiger partial charge in [-0.05, 0) is 41.1 Å². The summed E-state index contributed by atoms with van der Waals surface area (Å²) in [4.78, 5) is 16.2. The van der Waals surface area contributed by atoms with Gasteiger partial charge in [0.25, 0.3) is 5.91 Å². The summed E-state index contributed by atoms with van der Waals surface area (Å²) in [6.45, 7) is 2.88. The summed E-state index contributed by atoms with van der Waals surface area (Å²) >= 11 is 1.71. The third-order valence-corrected chi connectivity index (χ3v) is 5.73. The Bertz CT molecular complexity index is 844. The number of hydrogen-bond acceptors (Lipinski definition) is 3. The van der Waals surface area contributed by atoms with E-state index in [1.165, 1.54) is 10.4 Å². The van der Waals surface area contributed by atoms with Crippen LogP contribution < -0.4 is 5.32 Å². The summed E-state index contributed by atoms with van der Waals surface area (Å²) in [5, 5.41) is 5.25. The van der Waals surface area contributed by atoms with Gasteiger partial charge >= 0.3 is 0 Å². The highest BCUT2D eigenvalue weighted by atomic mass is 32.1. The highest BCUT2D eigenvalue weighted by Crippen LogP contribution is 2.24. The van der Waals surface area contributed by atoms with Gasteiger partial charge in [0.2, 0.25) is 0 Å². The number of carbonyl (C=O) groups excluding carboxylic acids is 1. The number of hydrogen-bond donors (Lipinski definition) is 1. The molecule has 4 heteroatoms. The van der Waals surface area contributed by atoms with Crippen LogP contribution in [0.1, 0.15) is 22.3 Å². The Labute approximate surface area is 158 Å². The fourth-order valence-corrected chi connectivity index (χ4v) is 4.17. The maximum atomic E-state index is 12.5. The zero-order chi connectivity index (χ0) is 17.8. The van der Waals surface area contributed by atoms with E-state index in [0.29, 0.717) is 0 Å². The number of nitrogens with zero attached hydrogens (tertiary/aromatic N) is 1. The van der Waals surface area contributed by atoms with E-state index < -0.39 is 0 Å². The van der Waals surface area contributed by atoms with Gasteiger partial charge in [-0.2, -0.15) is 0 Å². The fraction of sp³-hybridized carbons (Fsp3) is 0.227. The summed E-state index contributed by atoms with van der Waals surface area (Å²) in [5.41, 5.74) is 3.21. The molecule has 132 valence electrons. The molecule has 2 aromatic carbocycles. The molecule has 1 aromatic heterocycles. The van der Waals surface area contributed by atoms with Crippen molar-refractivity contribution in [2.75, 3.05) is 13.1 Å². The second-order valence-electron chi connectivity index (χ2n) is 6.73. The molecular formula is C22H22N2OS. The van der Waals surface area contributed by atoms with Crippen LogP contribution >= 0.6 is 11.3 Å². The monoisotopic (exact) mass is 362 g/mol. The van der Waals surface area contributed by atoms with Crippen LogP contribution in [-0.4, -0.2) is 29.9 Å². The van der Waals surface area contributed by atoms with Crippen molar-refractivity contribution in [1.29, 1.82) is 0 Å². The standard InChI is InChI=1S/C22H22N2OS/c25-22(19-10-8-18(9-11-19)21-7-4-14-26-21)23-20-12-13-24(16-20)15-17-5-2-1-3-6-17/h1-11,14,20H,12-13,15-16H2,(H,23,25). The first-order valence-corrected chi connectivity index (χ1v) is 9.87. The van der Waals surface area contributed by atoms with Crippen molar-refractivity contribution in [3.05, 3.63) is 83.2 Å². The number of benzene rings is 2. The smallest absolute Gasteiger partial charge is 0.251 e. The lowest BCUT2D eigenvalue weighted by Gasteiger charge is -2.17. The number of nitrogens with one attached hydrogen (secondary N) is 1. The predicted molar refractivity (Wildman–Crippen MR) is 107 cm³/mol. The first-order valence-electron chi connectivity index (χ1n) is 8.99. The number of likely N-dealkylation sites (tertiary alicyclic amines) is 1. The number of thiophene rings is 1. The van der Waals surface area contributed by atoms with Gasteiger partial charge in [0.1, 0.15) is 0 Å². The molecule has 1 aliphatic rings. The molecule has 1 amide bonds. The Hall–Kier alpha value is -2.43. The minimum Gasteiger partial charge on any atom is -0.348 e. The Balaban J connectivity index is 1.32. The van der Waals surface area contributed by atoms with Crippen LogP contribution in [0.15, 0.2) is 72.1 Å². The van der Waals surface area contributed by atoms with Crippen LogP contribution in [0.25, 0.3) is 10.4 Å². The van der Waals surface area contributed by atoms with Gasteiger partial charge in [0, 0.05) is 36.1 Å². The normalized spacial score (nSPS) is 17.3. The van der Waals surface area contributed by atoms with Crippen LogP contribution in [0.3, 0.4) is 0 Å². The highest BCUT2D eigenvalue weighted by Gasteiger charge is 2.24. The van der Waals surface area contributed by atoms with Crippen LogP contribution in [0.4, 0.5) is 0 Å². The van der Waals surface area contributed by atoms with E-state index in [2.05, 4.69) is 45.9 Å². The third-order valence-electron chi connectivity index (χ3n) is 4.81. The van der Waals surface area contributed by atoms with E-state index in [0.717, 1.165) is 37.2 Å². The molecule has 1 saturated heterocycles. The van der Waals surface area contributed by atoms with Gasteiger partial charge in [-0.1, -0.05) is 48.5 Å². The van der Waals surface area contributed by atoms with Gasteiger partial charge in [-0.15, -0.1) is 11.3 Å². The molecule has 4 rings (SSSR count). The first kappa shape index (κ1) is 17.0. The zero-order valence-electron chi connectivity index (χ0n) is 14.6. The number of carbonyl (C=O) groups is 1. The zero-order valence-corrected chi connectivity index (χ0v) is 15.4. The molecule has 1 N–H and O–H groups in total. The molecule has 0 aliphatic carbocycles. The van der Waals surface area contributed by atoms with Crippen LogP contribution in [-0.2, 0) is 6.54 Å². The van der Waals surface area contributed by atoms with E-state index >= 15 is 0 Å². The van der Waals surface area contributed by atoms with Gasteiger partial charge in [-0.3, -0.25) is 9.69 Å². The summed E-state index contributed by atoms with van der Waals surface area (Å²) in [7, 11) is 0. The van der Waals surface area contributed by atoms with E-state index in [4.69, 9.17) is 0 Å². The van der Waals surface area contributed by atoms with E-state index in [-0.39, 0.29) is 11.9 Å². The topological polar surface area (TPSA) is 32.3 Å². The molecule has 0 spiro atoms. The number of rotatable bonds is 5. The average molecular weight is 362 g/mol. The van der Waals surface area contributed by atoms with Crippen LogP contribution in [0.5, 0.6) is 0 Å². The second-order valence-corrected chi connectivity index (χ2v) is 7.68. The van der Waals surface area contributed by atoms with Crippen LogP contribution in [0, 0.1) is 0 Å². The molecule has 1 fully saturated rings. The molecular weight excluding hydrogens is 340 g/mol. The quantitative estimate of drug-likeness (QED) is 0.729. The Kier molecular flexibility index (Phi) is 5.14. The van der Waals surface area contributed by atoms with Crippen molar-refractivity contribution in [2.24, 2.45) is 0 Å². The minimum absolute atomic E-state index is 0.0225. The van der Waals surface area contributed by atoms with Gasteiger partial charge in [0.05, 0.1) is 0 Å². The molecule has 3 nitrogen and oxygen atoms in total. The Morgan fingerprint density at radius 1 is 1.04 bits per heavy atom. The molecule has 1 unspecified atom stereocenters. The number of amides is 1. The van der Waals surface area contributed by atoms with Crippen molar-refractivity contribution < 1.29 is 4.79 Å². The predicted octanol–water partition coefficient (Wildman–Crippen LogP) is 4.42. The van der Waals surface area contributed by atoms with Crippen molar-refractivity contribution >= 4 is 17.2 Å². The SMILES string of the molecule is O=C(NC1CCN(Cc2ccccc2)C1)c1ccc(-c2cccs2)cc1. The maximum Gasteiger partial charge on any atom is 0.251 e. The van der Waals surface area contributed by atoms with Crippen molar-refractivity contribution in [1.82, 2.24) is 10.2 Å². The van der Waals surface area contributed by atoms with Crippen molar-refractivity contribution in [2.45, 2.75) is 19.0 Å². The van der Waals surface area contributed by atoms with Crippen molar-refractivity contribution in [3.63, 3.8) is 0 Å². The van der Waals surface area contributed by atoms with E-state index in [9.17, 15) is 4.79 Å². The lowest BCUT2D eigenvalue weighted by molar-refractivity contribution is 0.0937. The molecule has 0 bridgehead atoms. The molecule has 1 atom stereocenters. The Morgan fingerprint density at radius 3 is 2.58 bits per heavy atom. The molecule has 3 aromatic rings. The Morgan fingerprint density at radius 2 is 1.85 bits per heavy atom. The highest BCUT2D eigenvalue weighted by molar-refractivity contribution is 7.13. The molecule has 2 heterocycles. The molecule has 0 saturated carbocycles. The second kappa shape index (κ2) is 7.85. The average Bonchev–Trinajstić information content (AvgIpc) is 3.35. The lowest BCUT2D eigenvalue weighted by atomic mass is 10.1. The fourth-order valence-electron chi connectivity index (χ4n) is 3.43. The van der Waals surface area contributed by atoms with Crippen LogP contribution in [0.2, 0.25) is 0 Å². The lowest BCUT2D eigenvalue weighted by Crippen LogP contribution is -2.36. The van der Waals surface area contributed by atoms with Gasteiger partial charge in [-0.25, -0.2) is 0 Å². The third kappa shape index (κ3) is 4.03. The first-order chi connectivity index (χ1) is 12.8. The van der Waals surface area contributed by atoms with Gasteiger partial charge in [0.15, 0.2) is 0 Å². The molecule has 0 radical (unpaired) electrons. The summed E-state index contributed by atoms with van der Waals surface area (Å²) in [6, 6.07) is 22.7. The maximum absolute atomic E-state index is 12.5.